The first-order chi connectivity index (χ1) is 10.1. The average Bonchev–Trinajstić information content (AvgIpc) is 2.36. The van der Waals surface area contributed by atoms with Crippen molar-refractivity contribution in [2.24, 2.45) is 0 Å². The zero-order valence-electron chi connectivity index (χ0n) is 13.8. The van der Waals surface area contributed by atoms with Crippen LogP contribution in [0.15, 0.2) is 23.1 Å². The lowest BCUT2D eigenvalue weighted by Crippen LogP contribution is -2.51. The summed E-state index contributed by atoms with van der Waals surface area (Å²) in [6, 6.07) is 5.44. The summed E-state index contributed by atoms with van der Waals surface area (Å²) >= 11 is 0. The fourth-order valence-corrected chi connectivity index (χ4v) is 4.53. The summed E-state index contributed by atoms with van der Waals surface area (Å²) < 4.78 is 27.1. The third-order valence-electron chi connectivity index (χ3n) is 3.89. The lowest BCUT2D eigenvalue weighted by atomic mass is 10.1. The van der Waals surface area contributed by atoms with E-state index in [2.05, 4.69) is 4.90 Å². The van der Waals surface area contributed by atoms with Crippen LogP contribution in [0.25, 0.3) is 0 Å². The highest BCUT2D eigenvalue weighted by Gasteiger charge is 2.30. The predicted molar refractivity (Wildman–Crippen MR) is 87.4 cm³/mol. The Balaban J connectivity index is 2.10. The SMILES string of the molecule is Cc1ccc(S(=O)(=O)N2CCN(CC(C)(C)O)CC2)c(C)c1. The molecular formula is C16H26N2O3S. The Hall–Kier alpha value is -0.950. The van der Waals surface area contributed by atoms with Crippen molar-refractivity contribution in [3.8, 4) is 0 Å². The molecule has 1 aromatic carbocycles. The van der Waals surface area contributed by atoms with Gasteiger partial charge >= 0.3 is 0 Å². The maximum atomic E-state index is 12.8. The van der Waals surface area contributed by atoms with E-state index < -0.39 is 15.6 Å². The highest BCUT2D eigenvalue weighted by Crippen LogP contribution is 2.22. The van der Waals surface area contributed by atoms with E-state index in [1.165, 1.54) is 0 Å². The quantitative estimate of drug-likeness (QED) is 0.908. The molecule has 0 aromatic heterocycles. The summed E-state index contributed by atoms with van der Waals surface area (Å²) in [5, 5.41) is 9.86. The molecule has 1 heterocycles. The Bertz CT molecular complexity index is 627. The van der Waals surface area contributed by atoms with Gasteiger partial charge in [0.2, 0.25) is 10.0 Å². The molecule has 0 unspecified atom stereocenters. The van der Waals surface area contributed by atoms with Crippen molar-refractivity contribution in [3.05, 3.63) is 29.3 Å². The molecule has 1 aliphatic rings. The molecule has 5 nitrogen and oxygen atoms in total. The van der Waals surface area contributed by atoms with Crippen molar-refractivity contribution in [3.63, 3.8) is 0 Å². The summed E-state index contributed by atoms with van der Waals surface area (Å²) in [5.74, 6) is 0. The van der Waals surface area contributed by atoms with E-state index in [1.54, 1.807) is 24.2 Å². The van der Waals surface area contributed by atoms with Gasteiger partial charge in [-0.25, -0.2) is 8.42 Å². The van der Waals surface area contributed by atoms with Crippen LogP contribution in [0, 0.1) is 13.8 Å². The number of aryl methyl sites for hydroxylation is 2. The lowest BCUT2D eigenvalue weighted by molar-refractivity contribution is 0.0263. The smallest absolute Gasteiger partial charge is 0.243 e. The van der Waals surface area contributed by atoms with Crippen LogP contribution in [0.5, 0.6) is 0 Å². The summed E-state index contributed by atoms with van der Waals surface area (Å²) in [6.45, 7) is 10.1. The van der Waals surface area contributed by atoms with Gasteiger partial charge in [-0.1, -0.05) is 17.7 Å². The first kappa shape index (κ1) is 17.4. The van der Waals surface area contributed by atoms with Gasteiger partial charge in [-0.15, -0.1) is 0 Å². The molecule has 0 aliphatic carbocycles. The van der Waals surface area contributed by atoms with Crippen LogP contribution >= 0.6 is 0 Å². The van der Waals surface area contributed by atoms with Gasteiger partial charge < -0.3 is 5.11 Å². The predicted octanol–water partition coefficient (Wildman–Crippen LogP) is 1.38. The number of rotatable bonds is 4. The Labute approximate surface area is 133 Å². The van der Waals surface area contributed by atoms with Crippen LogP contribution in [-0.2, 0) is 10.0 Å². The van der Waals surface area contributed by atoms with Gasteiger partial charge in [-0.3, -0.25) is 4.90 Å². The fourth-order valence-electron chi connectivity index (χ4n) is 2.90. The van der Waals surface area contributed by atoms with Crippen LogP contribution < -0.4 is 0 Å². The molecule has 0 radical (unpaired) electrons. The Morgan fingerprint density at radius 1 is 1.14 bits per heavy atom. The highest BCUT2D eigenvalue weighted by molar-refractivity contribution is 7.89. The number of piperazine rings is 1. The van der Waals surface area contributed by atoms with E-state index in [1.807, 2.05) is 26.0 Å². The van der Waals surface area contributed by atoms with Crippen molar-refractivity contribution in [1.82, 2.24) is 9.21 Å². The molecule has 0 saturated carbocycles. The van der Waals surface area contributed by atoms with E-state index in [-0.39, 0.29) is 0 Å². The van der Waals surface area contributed by atoms with Gasteiger partial charge in [-0.05, 0) is 39.3 Å². The summed E-state index contributed by atoms with van der Waals surface area (Å²) in [5.41, 5.74) is 1.10. The second-order valence-electron chi connectivity index (χ2n) is 6.76. The molecule has 1 aromatic rings. The Morgan fingerprint density at radius 2 is 1.73 bits per heavy atom. The van der Waals surface area contributed by atoms with Crippen molar-refractivity contribution in [1.29, 1.82) is 0 Å². The minimum absolute atomic E-state index is 0.397. The maximum Gasteiger partial charge on any atom is 0.243 e. The molecule has 22 heavy (non-hydrogen) atoms. The molecule has 1 fully saturated rings. The molecule has 0 amide bonds. The lowest BCUT2D eigenvalue weighted by Gasteiger charge is -2.36. The van der Waals surface area contributed by atoms with E-state index >= 15 is 0 Å². The van der Waals surface area contributed by atoms with E-state index in [9.17, 15) is 13.5 Å². The van der Waals surface area contributed by atoms with E-state index in [0.717, 1.165) is 11.1 Å². The van der Waals surface area contributed by atoms with Crippen LogP contribution in [0.4, 0.5) is 0 Å². The molecule has 0 atom stereocenters. The maximum absolute atomic E-state index is 12.8. The molecule has 0 bridgehead atoms. The van der Waals surface area contributed by atoms with E-state index in [0.29, 0.717) is 37.6 Å². The molecule has 6 heteroatoms. The van der Waals surface area contributed by atoms with Crippen LogP contribution in [0.2, 0.25) is 0 Å². The first-order valence-corrected chi connectivity index (χ1v) is 9.06. The van der Waals surface area contributed by atoms with E-state index in [4.69, 9.17) is 0 Å². The third-order valence-corrected chi connectivity index (χ3v) is 5.95. The van der Waals surface area contributed by atoms with Gasteiger partial charge in [0.25, 0.3) is 0 Å². The number of hydrogen-bond acceptors (Lipinski definition) is 4. The van der Waals surface area contributed by atoms with Crippen molar-refractivity contribution < 1.29 is 13.5 Å². The molecule has 1 N–H and O–H groups in total. The van der Waals surface area contributed by atoms with Crippen LogP contribution in [0.3, 0.4) is 0 Å². The minimum Gasteiger partial charge on any atom is -0.389 e. The largest absolute Gasteiger partial charge is 0.389 e. The van der Waals surface area contributed by atoms with Crippen molar-refractivity contribution in [2.75, 3.05) is 32.7 Å². The Kier molecular flexibility index (Phi) is 4.96. The van der Waals surface area contributed by atoms with Crippen molar-refractivity contribution in [2.45, 2.75) is 38.2 Å². The zero-order chi connectivity index (χ0) is 16.5. The number of β-amino-alcohol motifs (C(OH)–C–C–N with tert-alkyl or cyclic N) is 1. The van der Waals surface area contributed by atoms with Gasteiger partial charge in [-0.2, -0.15) is 4.31 Å². The zero-order valence-corrected chi connectivity index (χ0v) is 14.7. The normalized spacial score (nSPS) is 18.6. The second kappa shape index (κ2) is 6.28. The third kappa shape index (κ3) is 4.07. The van der Waals surface area contributed by atoms with Crippen molar-refractivity contribution >= 4 is 10.0 Å². The summed E-state index contributed by atoms with van der Waals surface area (Å²) in [7, 11) is -3.43. The molecule has 2 rings (SSSR count). The van der Waals surface area contributed by atoms with Gasteiger partial charge in [0.15, 0.2) is 0 Å². The number of sulfonamides is 1. The molecule has 124 valence electrons. The molecule has 1 aliphatic heterocycles. The number of hydrogen-bond donors (Lipinski definition) is 1. The van der Waals surface area contributed by atoms with Crippen LogP contribution in [0.1, 0.15) is 25.0 Å². The molecule has 1 saturated heterocycles. The summed E-state index contributed by atoms with van der Waals surface area (Å²) in [6.07, 6.45) is 0. The van der Waals surface area contributed by atoms with Gasteiger partial charge in [0.1, 0.15) is 0 Å². The minimum atomic E-state index is -3.43. The number of benzene rings is 1. The number of aliphatic hydroxyl groups is 1. The number of nitrogens with zero attached hydrogens (tertiary/aromatic N) is 2. The fraction of sp³-hybridized carbons (Fsp3) is 0.625. The second-order valence-corrected chi connectivity index (χ2v) is 8.67. The van der Waals surface area contributed by atoms with Gasteiger partial charge in [0.05, 0.1) is 10.5 Å². The Morgan fingerprint density at radius 3 is 2.23 bits per heavy atom. The molecule has 0 spiro atoms. The average molecular weight is 326 g/mol. The van der Waals surface area contributed by atoms with Crippen LogP contribution in [-0.4, -0.2) is 61.1 Å². The standard InChI is InChI=1S/C16H26N2O3S/c1-13-5-6-15(14(2)11-13)22(20,21)18-9-7-17(8-10-18)12-16(3,4)19/h5-6,11,19H,7-10,12H2,1-4H3. The monoisotopic (exact) mass is 326 g/mol. The summed E-state index contributed by atoms with van der Waals surface area (Å²) in [4.78, 5) is 2.50. The topological polar surface area (TPSA) is 60.9 Å². The molecular weight excluding hydrogens is 300 g/mol. The highest BCUT2D eigenvalue weighted by atomic mass is 32.2. The first-order valence-electron chi connectivity index (χ1n) is 7.62. The van der Waals surface area contributed by atoms with Gasteiger partial charge in [0, 0.05) is 32.7 Å².